The monoisotopic (exact) mass is 232 g/mol. The van der Waals surface area contributed by atoms with E-state index in [1.54, 1.807) is 0 Å². The Bertz CT molecular complexity index is 265. The molecular weight excluding hydrogens is 224 g/mol. The Balaban J connectivity index is 3.09. The van der Waals surface area contributed by atoms with Crippen LogP contribution in [0.5, 0.6) is 0 Å². The first-order chi connectivity index (χ1) is 5.57. The first-order valence-electron chi connectivity index (χ1n) is 3.63. The van der Waals surface area contributed by atoms with Gasteiger partial charge in [-0.1, -0.05) is 29.8 Å². The second-order valence-electron chi connectivity index (χ2n) is 2.86. The largest absolute Gasteiger partial charge is 0.386 e. The number of carbonyl (C=O) groups is 2. The molecule has 0 atom stereocenters. The Hall–Kier alpha value is -0.640. The molecule has 0 unspecified atom stereocenters. The van der Waals surface area contributed by atoms with Crippen LogP contribution in [0, 0.1) is 5.92 Å². The molecule has 0 N–H and O–H groups in total. The lowest BCUT2D eigenvalue weighted by molar-refractivity contribution is -0.151. The van der Waals surface area contributed by atoms with Gasteiger partial charge < -0.3 is 4.74 Å². The van der Waals surface area contributed by atoms with E-state index < -0.39 is 11.9 Å². The van der Waals surface area contributed by atoms with Gasteiger partial charge in [-0.3, -0.25) is 0 Å². The lowest BCUT2D eigenvalue weighted by atomic mass is 10.0. The molecule has 66 valence electrons. The number of carbonyl (C=O) groups excluding carboxylic acids is 2. The number of hydrogen-bond acceptors (Lipinski definition) is 3. The fourth-order valence-electron chi connectivity index (χ4n) is 1.14. The van der Waals surface area contributed by atoms with E-state index in [0.717, 1.165) is 0 Å². The summed E-state index contributed by atoms with van der Waals surface area (Å²) in [5, 5.41) is 0.380. The molecule has 0 aromatic heterocycles. The van der Waals surface area contributed by atoms with Gasteiger partial charge in [-0.25, -0.2) is 9.59 Å². The number of alkyl halides is 1. The van der Waals surface area contributed by atoms with Crippen LogP contribution in [0.25, 0.3) is 0 Å². The second-order valence-corrected chi connectivity index (χ2v) is 3.42. The molecular formula is C8H9BrO3. The summed E-state index contributed by atoms with van der Waals surface area (Å²) in [4.78, 5) is 22.1. The predicted molar refractivity (Wildman–Crippen MR) is 46.8 cm³/mol. The van der Waals surface area contributed by atoms with Gasteiger partial charge in [-0.15, -0.1) is 0 Å². The van der Waals surface area contributed by atoms with Gasteiger partial charge in [0.25, 0.3) is 0 Å². The Kier molecular flexibility index (Phi) is 2.67. The normalized spacial score (nSPS) is 17.7. The number of rotatable bonds is 2. The molecule has 0 radical (unpaired) electrons. The quantitative estimate of drug-likeness (QED) is 0.411. The fourth-order valence-corrected chi connectivity index (χ4v) is 1.68. The fraction of sp³-hybridized carbons (Fsp3) is 0.500. The zero-order valence-electron chi connectivity index (χ0n) is 6.89. The van der Waals surface area contributed by atoms with Gasteiger partial charge in [-0.05, 0) is 5.92 Å². The summed E-state index contributed by atoms with van der Waals surface area (Å²) in [5.41, 5.74) is 0.951. The van der Waals surface area contributed by atoms with E-state index in [-0.39, 0.29) is 5.92 Å². The maximum atomic E-state index is 11.1. The summed E-state index contributed by atoms with van der Waals surface area (Å²) in [6.45, 7) is 3.72. The van der Waals surface area contributed by atoms with Crippen LogP contribution in [0.1, 0.15) is 13.8 Å². The highest BCUT2D eigenvalue weighted by Crippen LogP contribution is 2.25. The van der Waals surface area contributed by atoms with Crippen LogP contribution in [0.4, 0.5) is 0 Å². The zero-order valence-corrected chi connectivity index (χ0v) is 8.47. The molecule has 0 amide bonds. The molecule has 3 nitrogen and oxygen atoms in total. The van der Waals surface area contributed by atoms with Crippen molar-refractivity contribution >= 4 is 27.9 Å². The molecule has 0 saturated heterocycles. The van der Waals surface area contributed by atoms with Crippen molar-refractivity contribution in [3.8, 4) is 0 Å². The summed E-state index contributed by atoms with van der Waals surface area (Å²) in [6, 6.07) is 0. The van der Waals surface area contributed by atoms with Gasteiger partial charge in [0.2, 0.25) is 0 Å². The van der Waals surface area contributed by atoms with Gasteiger partial charge in [-0.2, -0.15) is 0 Å². The minimum absolute atomic E-state index is 0.0384. The average Bonchev–Trinajstić information content (AvgIpc) is 2.24. The van der Waals surface area contributed by atoms with Crippen molar-refractivity contribution in [1.29, 1.82) is 0 Å². The molecule has 0 aromatic rings. The topological polar surface area (TPSA) is 43.4 Å². The minimum Gasteiger partial charge on any atom is -0.386 e. The third-order valence-electron chi connectivity index (χ3n) is 1.69. The van der Waals surface area contributed by atoms with Crippen LogP contribution in [0.15, 0.2) is 11.1 Å². The molecule has 0 saturated carbocycles. The van der Waals surface area contributed by atoms with E-state index in [1.165, 1.54) is 0 Å². The first kappa shape index (κ1) is 9.45. The van der Waals surface area contributed by atoms with Crippen molar-refractivity contribution in [2.24, 2.45) is 5.92 Å². The van der Waals surface area contributed by atoms with Gasteiger partial charge in [0.15, 0.2) is 0 Å². The first-order valence-corrected chi connectivity index (χ1v) is 4.75. The zero-order chi connectivity index (χ0) is 9.30. The molecule has 0 fully saturated rings. The summed E-state index contributed by atoms with van der Waals surface area (Å²) in [5.74, 6) is -0.971. The average molecular weight is 233 g/mol. The maximum absolute atomic E-state index is 11.1. The predicted octanol–water partition coefficient (Wildman–Crippen LogP) is 1.42. The molecule has 1 aliphatic heterocycles. The van der Waals surface area contributed by atoms with Crippen LogP contribution in [-0.2, 0) is 14.3 Å². The number of cyclic esters (lactones) is 2. The molecule has 12 heavy (non-hydrogen) atoms. The third-order valence-corrected chi connectivity index (χ3v) is 2.25. The van der Waals surface area contributed by atoms with Crippen molar-refractivity contribution in [1.82, 2.24) is 0 Å². The maximum Gasteiger partial charge on any atom is 0.343 e. The molecule has 0 bridgehead atoms. The van der Waals surface area contributed by atoms with Crippen LogP contribution < -0.4 is 0 Å². The lowest BCUT2D eigenvalue weighted by Gasteiger charge is -2.01. The van der Waals surface area contributed by atoms with E-state index in [0.29, 0.717) is 16.5 Å². The van der Waals surface area contributed by atoms with Gasteiger partial charge >= 0.3 is 11.9 Å². The SMILES string of the molecule is CC(C)C1=C(CBr)C(=O)OC1=O. The van der Waals surface area contributed by atoms with Crippen molar-refractivity contribution in [3.63, 3.8) is 0 Å². The molecule has 1 aliphatic rings. The molecule has 4 heteroatoms. The van der Waals surface area contributed by atoms with E-state index >= 15 is 0 Å². The Morgan fingerprint density at radius 1 is 1.33 bits per heavy atom. The van der Waals surface area contributed by atoms with Crippen LogP contribution in [-0.4, -0.2) is 17.3 Å². The minimum atomic E-state index is -0.513. The molecule has 0 aromatic carbocycles. The highest BCUT2D eigenvalue weighted by Gasteiger charge is 2.33. The van der Waals surface area contributed by atoms with Crippen molar-refractivity contribution in [3.05, 3.63) is 11.1 Å². The van der Waals surface area contributed by atoms with E-state index in [4.69, 9.17) is 0 Å². The summed E-state index contributed by atoms with van der Waals surface area (Å²) >= 11 is 3.14. The van der Waals surface area contributed by atoms with E-state index in [9.17, 15) is 9.59 Å². The highest BCUT2D eigenvalue weighted by atomic mass is 79.9. The Morgan fingerprint density at radius 2 is 1.92 bits per heavy atom. The Labute approximate surface area is 78.9 Å². The van der Waals surface area contributed by atoms with Crippen molar-refractivity contribution in [2.75, 3.05) is 5.33 Å². The molecule has 0 aliphatic carbocycles. The molecule has 0 spiro atoms. The van der Waals surface area contributed by atoms with Gasteiger partial charge in [0.1, 0.15) is 0 Å². The molecule has 1 rings (SSSR count). The van der Waals surface area contributed by atoms with Crippen LogP contribution in [0.3, 0.4) is 0 Å². The number of esters is 2. The highest BCUT2D eigenvalue weighted by molar-refractivity contribution is 9.09. The lowest BCUT2D eigenvalue weighted by Crippen LogP contribution is -2.05. The van der Waals surface area contributed by atoms with Crippen molar-refractivity contribution in [2.45, 2.75) is 13.8 Å². The summed E-state index contributed by atoms with van der Waals surface area (Å²) in [6.07, 6.45) is 0. The van der Waals surface area contributed by atoms with E-state index in [2.05, 4.69) is 20.7 Å². The van der Waals surface area contributed by atoms with Crippen LogP contribution >= 0.6 is 15.9 Å². The smallest absolute Gasteiger partial charge is 0.343 e. The van der Waals surface area contributed by atoms with Gasteiger partial charge in [0.05, 0.1) is 11.1 Å². The number of hydrogen-bond donors (Lipinski definition) is 0. The summed E-state index contributed by atoms with van der Waals surface area (Å²) in [7, 11) is 0. The summed E-state index contributed by atoms with van der Waals surface area (Å²) < 4.78 is 4.46. The number of halogens is 1. The van der Waals surface area contributed by atoms with Crippen LogP contribution in [0.2, 0.25) is 0 Å². The van der Waals surface area contributed by atoms with Crippen molar-refractivity contribution < 1.29 is 14.3 Å². The van der Waals surface area contributed by atoms with Gasteiger partial charge in [0, 0.05) is 5.33 Å². The van der Waals surface area contributed by atoms with E-state index in [1.807, 2.05) is 13.8 Å². The number of ether oxygens (including phenoxy) is 1. The third kappa shape index (κ3) is 1.43. The molecule has 1 heterocycles. The standard InChI is InChI=1S/C8H9BrO3/c1-4(2)6-5(3-9)7(10)12-8(6)11/h4H,3H2,1-2H3. The second kappa shape index (κ2) is 3.39. The Morgan fingerprint density at radius 3 is 2.25 bits per heavy atom.